The summed E-state index contributed by atoms with van der Waals surface area (Å²) in [7, 11) is 0. The van der Waals surface area contributed by atoms with E-state index < -0.39 is 0 Å². The van der Waals surface area contributed by atoms with Crippen molar-refractivity contribution < 1.29 is 9.53 Å². The minimum atomic E-state index is -0.211. The van der Waals surface area contributed by atoms with Crippen LogP contribution in [0.5, 0.6) is 5.75 Å². The Kier molecular flexibility index (Phi) is 4.06. The van der Waals surface area contributed by atoms with Crippen molar-refractivity contribution >= 4 is 32.6 Å². The van der Waals surface area contributed by atoms with Crippen molar-refractivity contribution in [3.05, 3.63) is 53.6 Å². The molecule has 0 saturated heterocycles. The predicted molar refractivity (Wildman–Crippen MR) is 89.7 cm³/mol. The lowest BCUT2D eigenvalue weighted by Gasteiger charge is -2.04. The van der Waals surface area contributed by atoms with Gasteiger partial charge in [0.05, 0.1) is 10.2 Å². The normalized spacial score (nSPS) is 10.6. The first-order chi connectivity index (χ1) is 10.6. The van der Waals surface area contributed by atoms with Crippen LogP contribution >= 0.6 is 11.3 Å². The van der Waals surface area contributed by atoms with Gasteiger partial charge in [-0.2, -0.15) is 0 Å². The molecule has 1 amide bonds. The highest BCUT2D eigenvalue weighted by molar-refractivity contribution is 7.22. The Balaban J connectivity index is 1.68. The predicted octanol–water partition coefficient (Wildman–Crippen LogP) is 3.93. The van der Waals surface area contributed by atoms with Crippen LogP contribution in [-0.2, 0) is 4.79 Å². The third-order valence-electron chi connectivity index (χ3n) is 3.18. The lowest BCUT2D eigenvalue weighted by Crippen LogP contribution is -2.19. The first-order valence-electron chi connectivity index (χ1n) is 6.97. The Bertz CT molecular complexity index is 812. The molecule has 3 aromatic rings. The Morgan fingerprint density at radius 1 is 1.23 bits per heavy atom. The average Bonchev–Trinajstić information content (AvgIpc) is 2.89. The van der Waals surface area contributed by atoms with Crippen LogP contribution in [0.3, 0.4) is 0 Å². The number of carbonyl (C=O) groups excluding carboxylic acids is 1. The number of hydrogen-bond donors (Lipinski definition) is 1. The molecule has 0 radical (unpaired) electrons. The molecule has 4 nitrogen and oxygen atoms in total. The fraction of sp³-hybridized carbons (Fsp3) is 0.176. The molecular weight excluding hydrogens is 296 g/mol. The van der Waals surface area contributed by atoms with E-state index in [0.717, 1.165) is 10.2 Å². The van der Waals surface area contributed by atoms with Crippen LogP contribution in [0.25, 0.3) is 10.2 Å². The minimum Gasteiger partial charge on any atom is -0.484 e. The summed E-state index contributed by atoms with van der Waals surface area (Å²) in [5.74, 6) is 0.464. The van der Waals surface area contributed by atoms with Crippen LogP contribution in [0.15, 0.2) is 42.5 Å². The quantitative estimate of drug-likeness (QED) is 0.794. The Hall–Kier alpha value is -2.40. The van der Waals surface area contributed by atoms with Gasteiger partial charge in [0.2, 0.25) is 0 Å². The molecule has 2 aromatic carbocycles. The van der Waals surface area contributed by atoms with Crippen LogP contribution in [0.1, 0.15) is 11.1 Å². The van der Waals surface area contributed by atoms with Crippen molar-refractivity contribution in [1.29, 1.82) is 0 Å². The van der Waals surface area contributed by atoms with Crippen LogP contribution < -0.4 is 10.1 Å². The molecule has 0 bridgehead atoms. The van der Waals surface area contributed by atoms with E-state index in [1.165, 1.54) is 22.5 Å². The molecule has 22 heavy (non-hydrogen) atoms. The molecule has 1 heterocycles. The van der Waals surface area contributed by atoms with Gasteiger partial charge in [0.15, 0.2) is 11.7 Å². The van der Waals surface area contributed by atoms with E-state index in [4.69, 9.17) is 4.74 Å². The number of aryl methyl sites for hydroxylation is 2. The van der Waals surface area contributed by atoms with Crippen LogP contribution in [-0.4, -0.2) is 17.5 Å². The molecule has 1 N–H and O–H groups in total. The van der Waals surface area contributed by atoms with Gasteiger partial charge in [-0.3, -0.25) is 10.1 Å². The van der Waals surface area contributed by atoms with Crippen molar-refractivity contribution in [2.45, 2.75) is 13.8 Å². The van der Waals surface area contributed by atoms with E-state index in [1.807, 2.05) is 43.3 Å². The molecule has 112 valence electrons. The summed E-state index contributed by atoms with van der Waals surface area (Å²) in [5, 5.41) is 3.39. The van der Waals surface area contributed by atoms with E-state index in [-0.39, 0.29) is 12.5 Å². The van der Waals surface area contributed by atoms with E-state index in [9.17, 15) is 4.79 Å². The van der Waals surface area contributed by atoms with Gasteiger partial charge in [0, 0.05) is 0 Å². The Labute approximate surface area is 132 Å². The fourth-order valence-electron chi connectivity index (χ4n) is 2.25. The monoisotopic (exact) mass is 312 g/mol. The molecule has 0 unspecified atom stereocenters. The molecular formula is C17H16N2O2S. The number of carbonyl (C=O) groups is 1. The third kappa shape index (κ3) is 3.26. The maximum Gasteiger partial charge on any atom is 0.264 e. The van der Waals surface area contributed by atoms with Gasteiger partial charge < -0.3 is 4.74 Å². The summed E-state index contributed by atoms with van der Waals surface area (Å²) in [5.41, 5.74) is 3.26. The van der Waals surface area contributed by atoms with Gasteiger partial charge >= 0.3 is 0 Å². The summed E-state index contributed by atoms with van der Waals surface area (Å²) in [4.78, 5) is 16.4. The Morgan fingerprint density at radius 2 is 2.00 bits per heavy atom. The number of para-hydroxylation sites is 1. The average molecular weight is 312 g/mol. The zero-order chi connectivity index (χ0) is 15.5. The van der Waals surface area contributed by atoms with Gasteiger partial charge in [0.25, 0.3) is 5.91 Å². The van der Waals surface area contributed by atoms with Gasteiger partial charge in [-0.05, 0) is 43.2 Å². The van der Waals surface area contributed by atoms with Gasteiger partial charge in [-0.25, -0.2) is 4.98 Å². The number of aromatic nitrogens is 1. The molecule has 0 aliphatic rings. The fourth-order valence-corrected chi connectivity index (χ4v) is 3.18. The van der Waals surface area contributed by atoms with E-state index in [0.29, 0.717) is 10.9 Å². The molecule has 0 aliphatic heterocycles. The molecule has 0 fully saturated rings. The number of hydrogen-bond acceptors (Lipinski definition) is 4. The van der Waals surface area contributed by atoms with Gasteiger partial charge in [-0.15, -0.1) is 0 Å². The van der Waals surface area contributed by atoms with Crippen LogP contribution in [0.2, 0.25) is 0 Å². The molecule has 0 spiro atoms. The lowest BCUT2D eigenvalue weighted by atomic mass is 10.1. The number of benzene rings is 2. The zero-order valence-corrected chi connectivity index (χ0v) is 13.2. The third-order valence-corrected chi connectivity index (χ3v) is 4.30. The lowest BCUT2D eigenvalue weighted by molar-refractivity contribution is -0.118. The molecule has 1 aromatic heterocycles. The van der Waals surface area contributed by atoms with E-state index in [1.54, 1.807) is 0 Å². The maximum atomic E-state index is 11.9. The second-order valence-corrected chi connectivity index (χ2v) is 6.10. The highest BCUT2D eigenvalue weighted by Gasteiger charge is 2.10. The zero-order valence-electron chi connectivity index (χ0n) is 12.4. The first kappa shape index (κ1) is 14.5. The van der Waals surface area contributed by atoms with E-state index in [2.05, 4.69) is 23.3 Å². The minimum absolute atomic E-state index is 0.0298. The number of amides is 1. The summed E-state index contributed by atoms with van der Waals surface area (Å²) in [6.45, 7) is 4.06. The summed E-state index contributed by atoms with van der Waals surface area (Å²) >= 11 is 1.48. The van der Waals surface area contributed by atoms with Crippen molar-refractivity contribution in [2.75, 3.05) is 11.9 Å². The number of nitrogens with one attached hydrogen (secondary N) is 1. The molecule has 0 aliphatic carbocycles. The summed E-state index contributed by atoms with van der Waals surface area (Å²) in [6.07, 6.45) is 0. The number of rotatable bonds is 4. The molecule has 0 saturated carbocycles. The molecule has 3 rings (SSSR count). The smallest absolute Gasteiger partial charge is 0.264 e. The maximum absolute atomic E-state index is 11.9. The summed E-state index contributed by atoms with van der Waals surface area (Å²) in [6, 6.07) is 13.4. The van der Waals surface area contributed by atoms with Gasteiger partial charge in [0.1, 0.15) is 5.75 Å². The Morgan fingerprint density at radius 3 is 2.77 bits per heavy atom. The number of nitrogens with zero attached hydrogens (tertiary/aromatic N) is 1. The van der Waals surface area contributed by atoms with Crippen LogP contribution in [0, 0.1) is 13.8 Å². The van der Waals surface area contributed by atoms with Crippen LogP contribution in [0.4, 0.5) is 5.13 Å². The second kappa shape index (κ2) is 6.15. The number of anilines is 1. The molecule has 0 atom stereocenters. The highest BCUT2D eigenvalue weighted by Crippen LogP contribution is 2.29. The van der Waals surface area contributed by atoms with Gasteiger partial charge in [-0.1, -0.05) is 35.6 Å². The topological polar surface area (TPSA) is 51.2 Å². The van der Waals surface area contributed by atoms with E-state index >= 15 is 0 Å². The number of ether oxygens (including phenoxy) is 1. The molecule has 5 heteroatoms. The first-order valence-corrected chi connectivity index (χ1v) is 7.79. The number of fused-ring (bicyclic) bond motifs is 1. The second-order valence-electron chi connectivity index (χ2n) is 5.10. The SMILES string of the molecule is Cc1cc(C)c2sc(NC(=O)COc3ccccc3)nc2c1. The van der Waals surface area contributed by atoms with Crippen molar-refractivity contribution in [1.82, 2.24) is 4.98 Å². The number of thiazole rings is 1. The van der Waals surface area contributed by atoms with Crippen molar-refractivity contribution in [3.8, 4) is 5.75 Å². The van der Waals surface area contributed by atoms with Crippen molar-refractivity contribution in [2.24, 2.45) is 0 Å². The summed E-state index contributed by atoms with van der Waals surface area (Å²) < 4.78 is 6.52. The van der Waals surface area contributed by atoms with Crippen molar-refractivity contribution in [3.63, 3.8) is 0 Å². The highest BCUT2D eigenvalue weighted by atomic mass is 32.1. The largest absolute Gasteiger partial charge is 0.484 e. The standard InChI is InChI=1S/C17H16N2O2S/c1-11-8-12(2)16-14(9-11)18-17(22-16)19-15(20)10-21-13-6-4-3-5-7-13/h3-9H,10H2,1-2H3,(H,18,19,20).